The number of carbonyl (C=O) groups excluding carboxylic acids is 1. The maximum Gasteiger partial charge on any atom is 0.254 e. The molecule has 0 atom stereocenters. The lowest BCUT2D eigenvalue weighted by Gasteiger charge is -2.23. The van der Waals surface area contributed by atoms with Gasteiger partial charge in [-0.3, -0.25) is 4.79 Å². The van der Waals surface area contributed by atoms with Crippen LogP contribution in [0.25, 0.3) is 11.0 Å². The monoisotopic (exact) mass is 349 g/mol. The van der Waals surface area contributed by atoms with E-state index in [1.54, 1.807) is 12.1 Å². The zero-order valence-electron chi connectivity index (χ0n) is 14.9. The van der Waals surface area contributed by atoms with Crippen LogP contribution in [0.15, 0.2) is 42.5 Å². The minimum Gasteiger partial charge on any atom is -0.331 e. The van der Waals surface area contributed by atoms with Gasteiger partial charge in [0.25, 0.3) is 5.91 Å². The second-order valence-corrected chi connectivity index (χ2v) is 6.89. The predicted molar refractivity (Wildman–Crippen MR) is 98.3 cm³/mol. The van der Waals surface area contributed by atoms with Gasteiger partial charge < -0.3 is 4.90 Å². The van der Waals surface area contributed by atoms with Gasteiger partial charge in [0.05, 0.1) is 22.4 Å². The number of hydrogen-bond donors (Lipinski definition) is 0. The molecule has 0 aliphatic heterocycles. The quantitative estimate of drug-likeness (QED) is 0.709. The standard InChI is InChI=1S/C21H20FN3O/c1-13-14(2)24-20-11-16(5-10-19(20)23-13)21(26)25(18-8-9-18)12-15-3-6-17(22)7-4-15/h3-7,10-11,18H,8-9,12H2,1-2H3. The molecule has 0 bridgehead atoms. The van der Waals surface area contributed by atoms with Crippen LogP contribution in [0.4, 0.5) is 4.39 Å². The van der Waals surface area contributed by atoms with Crippen molar-refractivity contribution in [1.82, 2.24) is 14.9 Å². The van der Waals surface area contributed by atoms with E-state index in [0.717, 1.165) is 40.8 Å². The summed E-state index contributed by atoms with van der Waals surface area (Å²) in [5.74, 6) is -0.282. The SMILES string of the molecule is Cc1nc2ccc(C(=O)N(Cc3ccc(F)cc3)C3CC3)cc2nc1C. The number of nitrogens with zero attached hydrogens (tertiary/aromatic N) is 3. The molecule has 1 saturated carbocycles. The molecule has 3 aromatic rings. The second-order valence-electron chi connectivity index (χ2n) is 6.89. The van der Waals surface area contributed by atoms with Crippen LogP contribution in [0.2, 0.25) is 0 Å². The van der Waals surface area contributed by atoms with Crippen LogP contribution in [0.5, 0.6) is 0 Å². The van der Waals surface area contributed by atoms with Gasteiger partial charge in [-0.2, -0.15) is 0 Å². The first-order valence-corrected chi connectivity index (χ1v) is 8.82. The van der Waals surface area contributed by atoms with Crippen LogP contribution in [0.1, 0.15) is 40.2 Å². The van der Waals surface area contributed by atoms with Crippen molar-refractivity contribution in [1.29, 1.82) is 0 Å². The zero-order chi connectivity index (χ0) is 18.3. The van der Waals surface area contributed by atoms with Gasteiger partial charge in [-0.1, -0.05) is 12.1 Å². The zero-order valence-corrected chi connectivity index (χ0v) is 14.9. The van der Waals surface area contributed by atoms with E-state index in [-0.39, 0.29) is 17.8 Å². The molecule has 132 valence electrons. The van der Waals surface area contributed by atoms with E-state index in [0.29, 0.717) is 12.1 Å². The number of aromatic nitrogens is 2. The Labute approximate surface area is 151 Å². The Balaban J connectivity index is 1.64. The van der Waals surface area contributed by atoms with Crippen LogP contribution in [0, 0.1) is 19.7 Å². The molecule has 1 amide bonds. The molecule has 0 saturated heterocycles. The summed E-state index contributed by atoms with van der Waals surface area (Å²) in [7, 11) is 0. The van der Waals surface area contributed by atoms with Gasteiger partial charge >= 0.3 is 0 Å². The first kappa shape index (κ1) is 16.6. The number of carbonyl (C=O) groups is 1. The summed E-state index contributed by atoms with van der Waals surface area (Å²) in [6, 6.07) is 12.1. The van der Waals surface area contributed by atoms with Crippen molar-refractivity contribution in [2.45, 2.75) is 39.3 Å². The Kier molecular flexibility index (Phi) is 4.15. The number of hydrogen-bond acceptors (Lipinski definition) is 3. The summed E-state index contributed by atoms with van der Waals surface area (Å²) in [4.78, 5) is 24.1. The van der Waals surface area contributed by atoms with Crippen molar-refractivity contribution in [3.63, 3.8) is 0 Å². The number of aryl methyl sites for hydroxylation is 2. The Bertz CT molecular complexity index is 980. The average Bonchev–Trinajstić information content (AvgIpc) is 3.46. The van der Waals surface area contributed by atoms with Gasteiger partial charge in [0.1, 0.15) is 5.82 Å². The van der Waals surface area contributed by atoms with E-state index in [9.17, 15) is 9.18 Å². The second kappa shape index (κ2) is 6.48. The number of benzene rings is 2. The molecular formula is C21H20FN3O. The minimum atomic E-state index is -0.267. The molecule has 1 aliphatic rings. The molecule has 0 spiro atoms. The summed E-state index contributed by atoms with van der Waals surface area (Å²) in [6.07, 6.45) is 2.03. The Hall–Kier alpha value is -2.82. The highest BCUT2D eigenvalue weighted by atomic mass is 19.1. The molecule has 26 heavy (non-hydrogen) atoms. The van der Waals surface area contributed by atoms with Gasteiger partial charge in [-0.05, 0) is 62.6 Å². The van der Waals surface area contributed by atoms with E-state index < -0.39 is 0 Å². The number of amides is 1. The first-order valence-electron chi connectivity index (χ1n) is 8.82. The Morgan fingerprint density at radius 1 is 1.04 bits per heavy atom. The van der Waals surface area contributed by atoms with Crippen molar-refractivity contribution in [3.8, 4) is 0 Å². The highest BCUT2D eigenvalue weighted by Gasteiger charge is 2.33. The number of rotatable bonds is 4. The van der Waals surface area contributed by atoms with Crippen molar-refractivity contribution in [2.24, 2.45) is 0 Å². The molecule has 4 rings (SSSR count). The summed E-state index contributed by atoms with van der Waals surface area (Å²) in [6.45, 7) is 4.33. The summed E-state index contributed by atoms with van der Waals surface area (Å²) >= 11 is 0. The highest BCUT2D eigenvalue weighted by Crippen LogP contribution is 2.30. The molecule has 0 unspecified atom stereocenters. The third-order valence-electron chi connectivity index (χ3n) is 4.84. The molecule has 5 heteroatoms. The van der Waals surface area contributed by atoms with Gasteiger partial charge in [-0.25, -0.2) is 14.4 Å². The molecule has 1 aliphatic carbocycles. The topological polar surface area (TPSA) is 46.1 Å². The van der Waals surface area contributed by atoms with Crippen molar-refractivity contribution in [2.75, 3.05) is 0 Å². The van der Waals surface area contributed by atoms with Gasteiger partial charge in [-0.15, -0.1) is 0 Å². The van der Waals surface area contributed by atoms with Gasteiger partial charge in [0, 0.05) is 18.2 Å². The fraction of sp³-hybridized carbons (Fsp3) is 0.286. The maximum atomic E-state index is 13.1. The third kappa shape index (κ3) is 3.29. The van der Waals surface area contributed by atoms with Gasteiger partial charge in [0.15, 0.2) is 0 Å². The highest BCUT2D eigenvalue weighted by molar-refractivity contribution is 5.97. The molecule has 0 N–H and O–H groups in total. The lowest BCUT2D eigenvalue weighted by atomic mass is 10.1. The molecule has 1 heterocycles. The lowest BCUT2D eigenvalue weighted by molar-refractivity contribution is 0.0730. The van der Waals surface area contributed by atoms with E-state index in [1.807, 2.05) is 36.9 Å². The van der Waals surface area contributed by atoms with Crippen LogP contribution in [-0.4, -0.2) is 26.8 Å². The van der Waals surface area contributed by atoms with Crippen molar-refractivity contribution >= 4 is 16.9 Å². The summed E-state index contributed by atoms with van der Waals surface area (Å²) < 4.78 is 13.1. The number of fused-ring (bicyclic) bond motifs is 1. The predicted octanol–water partition coefficient (Wildman–Crippen LogP) is 4.19. The molecule has 1 fully saturated rings. The maximum absolute atomic E-state index is 13.1. The molecule has 1 aromatic heterocycles. The smallest absolute Gasteiger partial charge is 0.254 e. The van der Waals surface area contributed by atoms with Crippen LogP contribution in [-0.2, 0) is 6.54 Å². The van der Waals surface area contributed by atoms with Crippen LogP contribution < -0.4 is 0 Å². The number of halogens is 1. The fourth-order valence-corrected chi connectivity index (χ4v) is 3.07. The fourth-order valence-electron chi connectivity index (χ4n) is 3.07. The molecule has 0 radical (unpaired) electrons. The van der Waals surface area contributed by atoms with Gasteiger partial charge in [0.2, 0.25) is 0 Å². The first-order chi connectivity index (χ1) is 12.5. The molecule has 2 aromatic carbocycles. The van der Waals surface area contributed by atoms with E-state index in [1.165, 1.54) is 12.1 Å². The summed E-state index contributed by atoms with van der Waals surface area (Å²) in [5.41, 5.74) is 4.83. The van der Waals surface area contributed by atoms with Crippen LogP contribution in [0.3, 0.4) is 0 Å². The van der Waals surface area contributed by atoms with Crippen molar-refractivity contribution in [3.05, 3.63) is 70.8 Å². The van der Waals surface area contributed by atoms with E-state index in [2.05, 4.69) is 9.97 Å². The minimum absolute atomic E-state index is 0.0150. The van der Waals surface area contributed by atoms with E-state index >= 15 is 0 Å². The van der Waals surface area contributed by atoms with Crippen LogP contribution >= 0.6 is 0 Å². The lowest BCUT2D eigenvalue weighted by Crippen LogP contribution is -2.32. The third-order valence-corrected chi connectivity index (χ3v) is 4.84. The normalized spacial score (nSPS) is 13.8. The molecular weight excluding hydrogens is 329 g/mol. The largest absolute Gasteiger partial charge is 0.331 e. The average molecular weight is 349 g/mol. The molecule has 4 nitrogen and oxygen atoms in total. The Morgan fingerprint density at radius 2 is 1.69 bits per heavy atom. The van der Waals surface area contributed by atoms with E-state index in [4.69, 9.17) is 0 Å². The summed E-state index contributed by atoms with van der Waals surface area (Å²) in [5, 5.41) is 0. The Morgan fingerprint density at radius 3 is 2.35 bits per heavy atom. The van der Waals surface area contributed by atoms with Crippen molar-refractivity contribution < 1.29 is 9.18 Å².